The van der Waals surface area contributed by atoms with Crippen LogP contribution in [-0.2, 0) is 14.4 Å². The molecule has 2 atom stereocenters. The average Bonchev–Trinajstić information content (AvgIpc) is 2.48. The van der Waals surface area contributed by atoms with Gasteiger partial charge in [-0.3, -0.25) is 19.4 Å². The number of amides is 2. The zero-order valence-electron chi connectivity index (χ0n) is 16.1. The van der Waals surface area contributed by atoms with Gasteiger partial charge < -0.3 is 15.3 Å². The predicted octanol–water partition coefficient (Wildman–Crippen LogP) is 2.08. The molecule has 0 aromatic rings. The fourth-order valence-electron chi connectivity index (χ4n) is 2.02. The van der Waals surface area contributed by atoms with E-state index in [1.54, 1.807) is 27.9 Å². The van der Waals surface area contributed by atoms with Crippen molar-refractivity contribution in [3.63, 3.8) is 0 Å². The third kappa shape index (κ3) is 9.02. The molecule has 142 valence electrons. The van der Waals surface area contributed by atoms with Gasteiger partial charge in [0.2, 0.25) is 12.1 Å². The van der Waals surface area contributed by atoms with E-state index in [0.29, 0.717) is 23.6 Å². The first-order valence-electron chi connectivity index (χ1n) is 8.39. The van der Waals surface area contributed by atoms with Crippen LogP contribution in [0.4, 0.5) is 0 Å². The number of nitrogens with one attached hydrogen (secondary N) is 1. The summed E-state index contributed by atoms with van der Waals surface area (Å²) in [6, 6.07) is 0. The number of hydrogen-bond acceptors (Lipinski definition) is 4. The fourth-order valence-corrected chi connectivity index (χ4v) is 2.02. The van der Waals surface area contributed by atoms with Crippen molar-refractivity contribution in [1.29, 1.82) is 0 Å². The summed E-state index contributed by atoms with van der Waals surface area (Å²) in [6.45, 7) is 11.2. The lowest BCUT2D eigenvalue weighted by atomic mass is 9.94. The van der Waals surface area contributed by atoms with Crippen LogP contribution in [0, 0.1) is 11.8 Å². The smallest absolute Gasteiger partial charge is 0.304 e. The van der Waals surface area contributed by atoms with Crippen molar-refractivity contribution in [3.8, 4) is 0 Å². The molecule has 25 heavy (non-hydrogen) atoms. The van der Waals surface area contributed by atoms with E-state index in [-0.39, 0.29) is 12.3 Å². The Hall–Kier alpha value is -2.18. The van der Waals surface area contributed by atoms with Gasteiger partial charge in [-0.05, 0) is 31.8 Å². The summed E-state index contributed by atoms with van der Waals surface area (Å²) in [5.74, 6) is -2.24. The molecule has 0 rings (SSSR count). The normalized spacial score (nSPS) is 14.0. The standard InChI is InChI=1S/C18H31N3O4/c1-11(2)8-9-14(10-15(22)23)17(24)20-16(18(25)21(6)7)19-13(5)12(3)4/h11,14,16H,3,8-10H2,1-2,4-7H3,(H,20,24)(H,22,23)/b19-13+/t14-,16?/m1/s1. The van der Waals surface area contributed by atoms with Crippen molar-refractivity contribution in [2.75, 3.05) is 14.1 Å². The molecule has 0 aliphatic carbocycles. The highest BCUT2D eigenvalue weighted by atomic mass is 16.4. The molecule has 0 spiro atoms. The summed E-state index contributed by atoms with van der Waals surface area (Å²) in [7, 11) is 3.14. The summed E-state index contributed by atoms with van der Waals surface area (Å²) < 4.78 is 0. The van der Waals surface area contributed by atoms with Crippen LogP contribution in [0.2, 0.25) is 0 Å². The van der Waals surface area contributed by atoms with Gasteiger partial charge in [0, 0.05) is 25.7 Å². The van der Waals surface area contributed by atoms with E-state index < -0.39 is 24.0 Å². The van der Waals surface area contributed by atoms with Crippen LogP contribution in [0.3, 0.4) is 0 Å². The van der Waals surface area contributed by atoms with Crippen molar-refractivity contribution in [2.24, 2.45) is 16.8 Å². The highest BCUT2D eigenvalue weighted by Gasteiger charge is 2.27. The summed E-state index contributed by atoms with van der Waals surface area (Å²) in [6.07, 6.45) is -0.187. The van der Waals surface area contributed by atoms with Crippen molar-refractivity contribution >= 4 is 23.5 Å². The van der Waals surface area contributed by atoms with E-state index in [9.17, 15) is 14.4 Å². The maximum atomic E-state index is 12.5. The second-order valence-electron chi connectivity index (χ2n) is 6.90. The third-order valence-corrected chi connectivity index (χ3v) is 3.78. The number of nitrogens with zero attached hydrogens (tertiary/aromatic N) is 2. The maximum absolute atomic E-state index is 12.5. The van der Waals surface area contributed by atoms with Crippen LogP contribution in [0.15, 0.2) is 17.1 Å². The molecule has 7 nitrogen and oxygen atoms in total. The molecule has 7 heteroatoms. The lowest BCUT2D eigenvalue weighted by Gasteiger charge is -2.22. The number of carboxylic acid groups (broad SMARTS) is 1. The van der Waals surface area contributed by atoms with Crippen LogP contribution >= 0.6 is 0 Å². The second-order valence-corrected chi connectivity index (χ2v) is 6.90. The van der Waals surface area contributed by atoms with Crippen LogP contribution in [0.5, 0.6) is 0 Å². The Bertz CT molecular complexity index is 538. The molecule has 0 aromatic carbocycles. The van der Waals surface area contributed by atoms with E-state index >= 15 is 0 Å². The molecule has 0 saturated carbocycles. The van der Waals surface area contributed by atoms with Crippen LogP contribution < -0.4 is 5.32 Å². The van der Waals surface area contributed by atoms with E-state index in [0.717, 1.165) is 6.42 Å². The van der Waals surface area contributed by atoms with Crippen molar-refractivity contribution in [1.82, 2.24) is 10.2 Å². The SMILES string of the molecule is C=C(C)/C(C)=N/C(NC(=O)[C@H](CCC(C)C)CC(=O)O)C(=O)N(C)C. The molecule has 0 bridgehead atoms. The van der Waals surface area contributed by atoms with Gasteiger partial charge in [-0.1, -0.05) is 26.8 Å². The lowest BCUT2D eigenvalue weighted by molar-refractivity contribution is -0.142. The second kappa shape index (κ2) is 10.6. The van der Waals surface area contributed by atoms with E-state index in [1.807, 2.05) is 13.8 Å². The summed E-state index contributed by atoms with van der Waals surface area (Å²) in [5, 5.41) is 11.6. The number of carboxylic acids is 1. The third-order valence-electron chi connectivity index (χ3n) is 3.78. The molecule has 0 aromatic heterocycles. The highest BCUT2D eigenvalue weighted by Crippen LogP contribution is 2.16. The summed E-state index contributed by atoms with van der Waals surface area (Å²) >= 11 is 0. The van der Waals surface area contributed by atoms with Crippen LogP contribution in [0.1, 0.15) is 47.0 Å². The number of aliphatic imine (C=N–C) groups is 1. The zero-order chi connectivity index (χ0) is 19.7. The molecule has 2 amide bonds. The van der Waals surface area contributed by atoms with E-state index in [1.165, 1.54) is 4.90 Å². The molecule has 0 aliphatic rings. The number of allylic oxidation sites excluding steroid dienone is 1. The Morgan fingerprint density at radius 1 is 1.16 bits per heavy atom. The van der Waals surface area contributed by atoms with Crippen molar-refractivity contribution in [3.05, 3.63) is 12.2 Å². The molecule has 0 fully saturated rings. The topological polar surface area (TPSA) is 99.1 Å². The first-order chi connectivity index (χ1) is 11.5. The number of carbonyl (C=O) groups is 3. The predicted molar refractivity (Wildman–Crippen MR) is 98.4 cm³/mol. The minimum Gasteiger partial charge on any atom is -0.481 e. The molecular weight excluding hydrogens is 322 g/mol. The zero-order valence-corrected chi connectivity index (χ0v) is 16.1. The first-order valence-corrected chi connectivity index (χ1v) is 8.39. The Morgan fingerprint density at radius 3 is 2.12 bits per heavy atom. The maximum Gasteiger partial charge on any atom is 0.304 e. The molecule has 1 unspecified atom stereocenters. The lowest BCUT2D eigenvalue weighted by Crippen LogP contribution is -2.47. The Labute approximate surface area is 150 Å². The van der Waals surface area contributed by atoms with Crippen LogP contribution in [-0.4, -0.2) is 53.8 Å². The highest BCUT2D eigenvalue weighted by molar-refractivity contribution is 5.99. The molecular formula is C18H31N3O4. The van der Waals surface area contributed by atoms with E-state index in [4.69, 9.17) is 5.11 Å². The molecule has 0 aliphatic heterocycles. The number of aliphatic carboxylic acids is 1. The average molecular weight is 353 g/mol. The van der Waals surface area contributed by atoms with Crippen LogP contribution in [0.25, 0.3) is 0 Å². The molecule has 0 heterocycles. The molecule has 0 saturated heterocycles. The number of likely N-dealkylation sites (N-methyl/N-ethyl adjacent to an activating group) is 1. The minimum atomic E-state index is -1.09. The first kappa shape index (κ1) is 22.8. The number of rotatable bonds is 10. The summed E-state index contributed by atoms with van der Waals surface area (Å²) in [4.78, 5) is 41.5. The molecule has 0 radical (unpaired) electrons. The van der Waals surface area contributed by atoms with Gasteiger partial charge >= 0.3 is 5.97 Å². The monoisotopic (exact) mass is 353 g/mol. The minimum absolute atomic E-state index is 0.273. The Morgan fingerprint density at radius 2 is 1.72 bits per heavy atom. The molecule has 2 N–H and O–H groups in total. The van der Waals surface area contributed by atoms with Gasteiger partial charge in [0.15, 0.2) is 0 Å². The quantitative estimate of drug-likeness (QED) is 0.587. The van der Waals surface area contributed by atoms with Gasteiger partial charge in [-0.2, -0.15) is 0 Å². The van der Waals surface area contributed by atoms with Gasteiger partial charge in [-0.25, -0.2) is 0 Å². The Balaban J connectivity index is 5.35. The Kier molecular flexibility index (Phi) is 9.71. The van der Waals surface area contributed by atoms with Crippen molar-refractivity contribution < 1.29 is 19.5 Å². The van der Waals surface area contributed by atoms with Gasteiger partial charge in [0.1, 0.15) is 0 Å². The number of hydrogen-bond donors (Lipinski definition) is 2. The fraction of sp³-hybridized carbons (Fsp3) is 0.667. The van der Waals surface area contributed by atoms with Gasteiger partial charge in [0.25, 0.3) is 5.91 Å². The van der Waals surface area contributed by atoms with Crippen molar-refractivity contribution in [2.45, 2.75) is 53.1 Å². The largest absolute Gasteiger partial charge is 0.481 e. The summed E-state index contributed by atoms with van der Waals surface area (Å²) in [5.41, 5.74) is 1.24. The van der Waals surface area contributed by atoms with E-state index in [2.05, 4.69) is 16.9 Å². The van der Waals surface area contributed by atoms with Gasteiger partial charge in [-0.15, -0.1) is 0 Å². The number of carbonyl (C=O) groups excluding carboxylic acids is 2. The van der Waals surface area contributed by atoms with Gasteiger partial charge in [0.05, 0.1) is 6.42 Å².